The molecule has 30 heavy (non-hydrogen) atoms. The highest BCUT2D eigenvalue weighted by Crippen LogP contribution is 2.32. The summed E-state index contributed by atoms with van der Waals surface area (Å²) in [5, 5.41) is 4.96. The number of nitrogens with one attached hydrogen (secondary N) is 1. The van der Waals surface area contributed by atoms with Crippen molar-refractivity contribution in [1.82, 2.24) is 10.2 Å². The SMILES string of the molecule is C=CCNC(=O)C1(Cc2ccc(-c3cccs3)cc2)CN(C(=O)C2CCC2)CCO1. The molecular formula is C24H28N2O3S. The largest absolute Gasteiger partial charge is 0.361 e. The van der Waals surface area contributed by atoms with Gasteiger partial charge in [0.05, 0.1) is 13.2 Å². The molecule has 1 N–H and O–H groups in total. The Morgan fingerprint density at radius 2 is 2.07 bits per heavy atom. The van der Waals surface area contributed by atoms with Gasteiger partial charge in [-0.05, 0) is 35.4 Å². The first-order valence-corrected chi connectivity index (χ1v) is 11.4. The van der Waals surface area contributed by atoms with Crippen LogP contribution in [0.25, 0.3) is 10.4 Å². The van der Waals surface area contributed by atoms with Gasteiger partial charge in [-0.1, -0.05) is 42.8 Å². The van der Waals surface area contributed by atoms with Gasteiger partial charge in [0, 0.05) is 30.3 Å². The van der Waals surface area contributed by atoms with E-state index in [4.69, 9.17) is 4.74 Å². The lowest BCUT2D eigenvalue weighted by molar-refractivity contribution is -0.168. The van der Waals surface area contributed by atoms with E-state index in [1.807, 2.05) is 23.1 Å². The molecule has 1 aromatic heterocycles. The molecule has 158 valence electrons. The molecule has 1 aliphatic heterocycles. The number of morpholine rings is 1. The van der Waals surface area contributed by atoms with Crippen LogP contribution in [0.15, 0.2) is 54.4 Å². The number of hydrogen-bond donors (Lipinski definition) is 1. The van der Waals surface area contributed by atoms with Crippen LogP contribution in [0.3, 0.4) is 0 Å². The Bertz CT molecular complexity index is 890. The van der Waals surface area contributed by atoms with Crippen molar-refractivity contribution in [2.24, 2.45) is 5.92 Å². The summed E-state index contributed by atoms with van der Waals surface area (Å²) in [6.45, 7) is 5.26. The molecule has 2 aliphatic rings. The Kier molecular flexibility index (Phi) is 6.35. The van der Waals surface area contributed by atoms with Crippen molar-refractivity contribution in [3.63, 3.8) is 0 Å². The van der Waals surface area contributed by atoms with Crippen LogP contribution in [0.1, 0.15) is 24.8 Å². The summed E-state index contributed by atoms with van der Waals surface area (Å²) in [4.78, 5) is 29.0. The van der Waals surface area contributed by atoms with Crippen LogP contribution in [0.4, 0.5) is 0 Å². The topological polar surface area (TPSA) is 58.6 Å². The van der Waals surface area contributed by atoms with Gasteiger partial charge in [0.2, 0.25) is 5.91 Å². The molecule has 6 heteroatoms. The third-order valence-corrected chi connectivity index (χ3v) is 6.94. The lowest BCUT2D eigenvalue weighted by atomic mass is 9.83. The third-order valence-electron chi connectivity index (χ3n) is 6.02. The highest BCUT2D eigenvalue weighted by Gasteiger charge is 2.46. The zero-order chi connectivity index (χ0) is 21.0. The molecule has 0 bridgehead atoms. The molecule has 1 saturated heterocycles. The van der Waals surface area contributed by atoms with Crippen LogP contribution < -0.4 is 5.32 Å². The number of carbonyl (C=O) groups is 2. The zero-order valence-electron chi connectivity index (χ0n) is 17.1. The first-order chi connectivity index (χ1) is 14.6. The molecule has 0 radical (unpaired) electrons. The maximum atomic E-state index is 13.1. The summed E-state index contributed by atoms with van der Waals surface area (Å²) in [6, 6.07) is 12.4. The Hall–Kier alpha value is -2.44. The fourth-order valence-corrected chi connectivity index (χ4v) is 4.83. The average molecular weight is 425 g/mol. The van der Waals surface area contributed by atoms with E-state index in [9.17, 15) is 9.59 Å². The fourth-order valence-electron chi connectivity index (χ4n) is 4.10. The van der Waals surface area contributed by atoms with Gasteiger partial charge >= 0.3 is 0 Å². The van der Waals surface area contributed by atoms with Crippen molar-refractivity contribution in [2.75, 3.05) is 26.2 Å². The lowest BCUT2D eigenvalue weighted by Crippen LogP contribution is -2.62. The minimum atomic E-state index is -1.08. The molecule has 1 unspecified atom stereocenters. The molecule has 1 atom stereocenters. The van der Waals surface area contributed by atoms with Gasteiger partial charge in [-0.15, -0.1) is 17.9 Å². The highest BCUT2D eigenvalue weighted by atomic mass is 32.1. The summed E-state index contributed by atoms with van der Waals surface area (Å²) < 4.78 is 6.10. The van der Waals surface area contributed by atoms with E-state index >= 15 is 0 Å². The minimum Gasteiger partial charge on any atom is -0.361 e. The first-order valence-electron chi connectivity index (χ1n) is 10.6. The number of benzene rings is 1. The van der Waals surface area contributed by atoms with Gasteiger partial charge in [0.25, 0.3) is 5.91 Å². The maximum absolute atomic E-state index is 13.1. The van der Waals surface area contributed by atoms with Gasteiger partial charge in [-0.3, -0.25) is 9.59 Å². The van der Waals surface area contributed by atoms with Crippen molar-refractivity contribution in [3.8, 4) is 10.4 Å². The van der Waals surface area contributed by atoms with Crippen LogP contribution >= 0.6 is 11.3 Å². The third kappa shape index (κ3) is 4.35. The Labute approximate surface area is 181 Å². The van der Waals surface area contributed by atoms with Gasteiger partial charge in [-0.25, -0.2) is 0 Å². The average Bonchev–Trinajstić information content (AvgIpc) is 3.26. The summed E-state index contributed by atoms with van der Waals surface area (Å²) >= 11 is 1.70. The minimum absolute atomic E-state index is 0.113. The Balaban J connectivity index is 1.55. The molecule has 2 fully saturated rings. The number of ether oxygens (including phenoxy) is 1. The highest BCUT2D eigenvalue weighted by molar-refractivity contribution is 7.13. The van der Waals surface area contributed by atoms with Crippen LogP contribution in [0.2, 0.25) is 0 Å². The molecule has 4 rings (SSSR count). The van der Waals surface area contributed by atoms with Gasteiger partial charge in [0.1, 0.15) is 0 Å². The van der Waals surface area contributed by atoms with Crippen molar-refractivity contribution in [1.29, 1.82) is 0 Å². The van der Waals surface area contributed by atoms with Crippen LogP contribution in [-0.4, -0.2) is 48.6 Å². The molecule has 0 spiro atoms. The predicted octanol–water partition coefficient (Wildman–Crippen LogP) is 3.66. The number of nitrogens with zero attached hydrogens (tertiary/aromatic N) is 1. The summed E-state index contributed by atoms with van der Waals surface area (Å²) in [6.07, 6.45) is 5.10. The molecule has 1 aromatic carbocycles. The van der Waals surface area contributed by atoms with Crippen molar-refractivity contribution in [3.05, 3.63) is 60.0 Å². The van der Waals surface area contributed by atoms with E-state index in [2.05, 4.69) is 35.5 Å². The molecule has 2 aromatic rings. The number of hydrogen-bond acceptors (Lipinski definition) is 4. The molecule has 1 aliphatic carbocycles. The van der Waals surface area contributed by atoms with Crippen LogP contribution in [0, 0.1) is 5.92 Å². The van der Waals surface area contributed by atoms with Crippen molar-refractivity contribution >= 4 is 23.2 Å². The molecule has 5 nitrogen and oxygen atoms in total. The predicted molar refractivity (Wildman–Crippen MR) is 119 cm³/mol. The number of amides is 2. The summed E-state index contributed by atoms with van der Waals surface area (Å²) in [5.41, 5.74) is 1.10. The van der Waals surface area contributed by atoms with Crippen LogP contribution in [0.5, 0.6) is 0 Å². The second kappa shape index (κ2) is 9.14. The maximum Gasteiger partial charge on any atom is 0.254 e. The summed E-state index contributed by atoms with van der Waals surface area (Å²) in [7, 11) is 0. The van der Waals surface area contributed by atoms with Gasteiger partial charge in [0.15, 0.2) is 5.60 Å². The van der Waals surface area contributed by atoms with Crippen LogP contribution in [-0.2, 0) is 20.7 Å². The quantitative estimate of drug-likeness (QED) is 0.690. The monoisotopic (exact) mass is 424 g/mol. The zero-order valence-corrected chi connectivity index (χ0v) is 18.0. The smallest absolute Gasteiger partial charge is 0.254 e. The molecule has 1 saturated carbocycles. The summed E-state index contributed by atoms with van der Waals surface area (Å²) in [5.74, 6) is 0.0939. The first kappa shape index (κ1) is 20.8. The molecule has 2 heterocycles. The van der Waals surface area contributed by atoms with Crippen molar-refractivity contribution in [2.45, 2.75) is 31.3 Å². The standard InChI is InChI=1S/C24H28N2O3S/c1-2-12-25-23(28)24(17-26(13-14-29-24)22(27)20-5-3-6-20)16-18-8-10-19(11-9-18)21-7-4-15-30-21/h2,4,7-11,15,20H,1,3,5-6,12-14,16-17H2,(H,25,28). The second-order valence-electron chi connectivity index (χ2n) is 8.08. The Morgan fingerprint density at radius 1 is 1.27 bits per heavy atom. The van der Waals surface area contributed by atoms with E-state index in [-0.39, 0.29) is 24.3 Å². The van der Waals surface area contributed by atoms with Gasteiger partial charge < -0.3 is 15.0 Å². The molecule has 2 amide bonds. The van der Waals surface area contributed by atoms with E-state index in [1.54, 1.807) is 17.4 Å². The van der Waals surface area contributed by atoms with Crippen molar-refractivity contribution < 1.29 is 14.3 Å². The van der Waals surface area contributed by atoms with Gasteiger partial charge in [-0.2, -0.15) is 0 Å². The second-order valence-corrected chi connectivity index (χ2v) is 9.03. The van der Waals surface area contributed by atoms with E-state index in [0.717, 1.165) is 30.4 Å². The number of rotatable bonds is 7. The van der Waals surface area contributed by atoms with E-state index in [1.165, 1.54) is 4.88 Å². The normalized spacial score (nSPS) is 21.7. The fraction of sp³-hybridized carbons (Fsp3) is 0.417. The number of carbonyl (C=O) groups excluding carboxylic acids is 2. The van der Waals surface area contributed by atoms with E-state index in [0.29, 0.717) is 26.1 Å². The van der Waals surface area contributed by atoms with E-state index < -0.39 is 5.60 Å². The lowest BCUT2D eigenvalue weighted by Gasteiger charge is -2.43. The Morgan fingerprint density at radius 3 is 2.70 bits per heavy atom. The number of thiophene rings is 1. The molecular weight excluding hydrogens is 396 g/mol.